The number of nitrogens with one attached hydrogen (secondary N) is 2. The minimum atomic E-state index is -2.60. The molecule has 22 heteroatoms. The molecule has 0 saturated heterocycles. The predicted molar refractivity (Wildman–Crippen MR) is 228 cm³/mol. The minimum absolute atomic E-state index is 0.291. The highest BCUT2D eigenvalue weighted by Crippen LogP contribution is 2.44. The fraction of sp³-hybridized carbons (Fsp3) is 0. The third-order valence-corrected chi connectivity index (χ3v) is 11.2. The Morgan fingerprint density at radius 1 is 0.314 bits per heavy atom. The molecule has 4 aromatic carbocycles. The van der Waals surface area contributed by atoms with E-state index < -0.39 is 177 Å². The average molecular weight is 971 g/mol. The first kappa shape index (κ1) is 45.8. The molecule has 0 saturated carbocycles. The molecule has 0 spiro atoms. The number of fused-ring (bicyclic) bond motifs is 8. The number of carbonyl (C=O) groups is 4. The van der Waals surface area contributed by atoms with Crippen LogP contribution in [0.15, 0.2) is 60.7 Å². The van der Waals surface area contributed by atoms with E-state index in [1.807, 2.05) is 0 Å². The second kappa shape index (κ2) is 16.8. The van der Waals surface area contributed by atoms with Crippen LogP contribution < -0.4 is 0 Å². The molecular weight excluding hydrogens is 951 g/mol. The maximum absolute atomic E-state index is 16.0. The topological polar surface area (TPSA) is 207 Å². The Hall–Kier alpha value is -9.34. The Morgan fingerprint density at radius 2 is 0.557 bits per heavy atom. The highest BCUT2D eigenvalue weighted by atomic mass is 19.2. The number of carboxylic acids is 4. The molecular formula is C48H20F10N4O8. The van der Waals surface area contributed by atoms with Crippen LogP contribution in [-0.2, 0) is 0 Å². The van der Waals surface area contributed by atoms with Crippen molar-refractivity contribution in [2.24, 2.45) is 0 Å². The summed E-state index contributed by atoms with van der Waals surface area (Å²) in [6, 6.07) is 10.4. The number of carboxylic acid groups (broad SMARTS) is 4. The van der Waals surface area contributed by atoms with Crippen LogP contribution in [0.3, 0.4) is 0 Å². The molecule has 2 aliphatic heterocycles. The van der Waals surface area contributed by atoms with Crippen LogP contribution in [0.2, 0.25) is 0 Å². The van der Waals surface area contributed by atoms with Gasteiger partial charge in [-0.2, -0.15) is 0 Å². The smallest absolute Gasteiger partial charge is 0.336 e. The monoisotopic (exact) mass is 970 g/mol. The molecule has 350 valence electrons. The molecule has 0 radical (unpaired) electrons. The molecule has 0 aliphatic carbocycles. The molecule has 0 amide bonds. The van der Waals surface area contributed by atoms with Crippen LogP contribution in [-0.4, -0.2) is 64.2 Å². The lowest BCUT2D eigenvalue weighted by molar-refractivity contribution is 0.0678. The van der Waals surface area contributed by atoms with Crippen molar-refractivity contribution in [1.29, 1.82) is 0 Å². The Bertz CT molecular complexity index is 3700. The molecule has 8 bridgehead atoms. The summed E-state index contributed by atoms with van der Waals surface area (Å²) in [6.45, 7) is 0. The van der Waals surface area contributed by atoms with Crippen LogP contribution in [0, 0.1) is 58.2 Å². The van der Waals surface area contributed by atoms with E-state index in [4.69, 9.17) is 0 Å². The number of hydrogen-bond acceptors (Lipinski definition) is 6. The standard InChI is InChI=1S/C48H20F10N4O8/c49-35-33(36(50)40(54)43(57)39(35)53)31-23-11-9-21(60-23)29(27-15(45(63)64)3-1-4-16(27)46(65)66)19-7-8-20(59-19)30(28-17(47(67)68)5-2-6-18(28)48(69)70)22-10-12-24(61-22)32(26-14-13-25(31)62-26)34-37(51)41(55)44(58)42(56)38(34)52/h1-14,59-60H,(H,63,64)(H,65,66)(H,67,68)(H,69,70). The van der Waals surface area contributed by atoms with Gasteiger partial charge in [0, 0.05) is 55.4 Å². The van der Waals surface area contributed by atoms with E-state index in [2.05, 4.69) is 19.9 Å². The third-order valence-electron chi connectivity index (χ3n) is 11.2. The number of benzene rings is 4. The lowest BCUT2D eigenvalue weighted by Gasteiger charge is -2.13. The van der Waals surface area contributed by atoms with Crippen molar-refractivity contribution >= 4 is 70.2 Å². The van der Waals surface area contributed by atoms with Crippen molar-refractivity contribution in [3.05, 3.63) is 164 Å². The molecule has 0 fully saturated rings. The van der Waals surface area contributed by atoms with Crippen molar-refractivity contribution in [2.45, 2.75) is 0 Å². The van der Waals surface area contributed by atoms with Gasteiger partial charge in [0.1, 0.15) is 0 Å². The first-order chi connectivity index (χ1) is 33.2. The summed E-state index contributed by atoms with van der Waals surface area (Å²) < 4.78 is 153. The number of halogens is 10. The second-order valence-electron chi connectivity index (χ2n) is 15.1. The van der Waals surface area contributed by atoms with Gasteiger partial charge in [-0.15, -0.1) is 0 Å². The highest BCUT2D eigenvalue weighted by Gasteiger charge is 2.34. The van der Waals surface area contributed by atoms with E-state index in [-0.39, 0.29) is 16.6 Å². The van der Waals surface area contributed by atoms with Crippen molar-refractivity contribution < 1.29 is 83.5 Å². The van der Waals surface area contributed by atoms with Crippen LogP contribution in [0.5, 0.6) is 0 Å². The number of aromatic nitrogens is 4. The summed E-state index contributed by atoms with van der Waals surface area (Å²) in [5.74, 6) is -31.8. The van der Waals surface area contributed by atoms with Gasteiger partial charge < -0.3 is 30.4 Å². The largest absolute Gasteiger partial charge is 0.478 e. The first-order valence-electron chi connectivity index (χ1n) is 19.6. The van der Waals surface area contributed by atoms with Gasteiger partial charge in [0.15, 0.2) is 46.5 Å². The summed E-state index contributed by atoms with van der Waals surface area (Å²) in [5, 5.41) is 41.6. The fourth-order valence-electron chi connectivity index (χ4n) is 8.26. The van der Waals surface area contributed by atoms with Gasteiger partial charge in [0.2, 0.25) is 11.6 Å². The van der Waals surface area contributed by atoms with Crippen LogP contribution in [0.4, 0.5) is 43.9 Å². The van der Waals surface area contributed by atoms with E-state index in [1.54, 1.807) is 0 Å². The number of hydrogen-bond donors (Lipinski definition) is 6. The van der Waals surface area contributed by atoms with E-state index >= 15 is 35.1 Å². The van der Waals surface area contributed by atoms with Gasteiger partial charge in [-0.3, -0.25) is 0 Å². The molecule has 7 aromatic rings. The SMILES string of the molecule is O=C(O)c1cccc(C(=O)O)c1-c1c2nc(c(-c3c(F)c(F)c(F)c(F)c3F)c3nc(c(-c4c(F)c(F)c(F)c(F)c4F)c4ccc([nH]4)c(-c4c(C(=O)O)cccc4C(=O)O)c4ccc1[nH]4)C=C3)C=C2. The molecule has 5 heterocycles. The lowest BCUT2D eigenvalue weighted by Crippen LogP contribution is -2.08. The summed E-state index contributed by atoms with van der Waals surface area (Å²) in [6.07, 6.45) is 3.48. The van der Waals surface area contributed by atoms with Gasteiger partial charge >= 0.3 is 23.9 Å². The summed E-state index contributed by atoms with van der Waals surface area (Å²) in [7, 11) is 0. The van der Waals surface area contributed by atoms with Gasteiger partial charge in [0.25, 0.3) is 0 Å². The van der Waals surface area contributed by atoms with E-state index in [9.17, 15) is 48.4 Å². The molecule has 9 rings (SSSR count). The Labute approximate surface area is 381 Å². The molecule has 70 heavy (non-hydrogen) atoms. The number of rotatable bonds is 8. The second-order valence-corrected chi connectivity index (χ2v) is 15.1. The molecule has 0 unspecified atom stereocenters. The van der Waals surface area contributed by atoms with Crippen molar-refractivity contribution in [2.75, 3.05) is 0 Å². The average Bonchev–Trinajstić information content (AvgIpc) is 4.19. The predicted octanol–water partition coefficient (Wildman–Crippen LogP) is 11.5. The van der Waals surface area contributed by atoms with Gasteiger partial charge in [0.05, 0.1) is 56.2 Å². The fourth-order valence-corrected chi connectivity index (χ4v) is 8.26. The molecule has 12 nitrogen and oxygen atoms in total. The van der Waals surface area contributed by atoms with E-state index in [0.717, 1.165) is 85.0 Å². The number of H-pyrrole nitrogens is 2. The number of aromatic carboxylic acids is 4. The van der Waals surface area contributed by atoms with Crippen LogP contribution in [0.1, 0.15) is 64.2 Å². The Morgan fingerprint density at radius 3 is 0.871 bits per heavy atom. The van der Waals surface area contributed by atoms with Gasteiger partial charge in [-0.05, 0) is 72.8 Å². The maximum Gasteiger partial charge on any atom is 0.336 e. The number of aromatic amines is 2. The maximum atomic E-state index is 16.0. The molecule has 0 atom stereocenters. The Balaban J connectivity index is 1.61. The minimum Gasteiger partial charge on any atom is -0.478 e. The van der Waals surface area contributed by atoms with Crippen LogP contribution >= 0.6 is 0 Å². The van der Waals surface area contributed by atoms with Crippen molar-refractivity contribution in [1.82, 2.24) is 19.9 Å². The zero-order valence-electron chi connectivity index (χ0n) is 34.2. The van der Waals surface area contributed by atoms with Crippen molar-refractivity contribution in [3.63, 3.8) is 0 Å². The summed E-state index contributed by atoms with van der Waals surface area (Å²) in [5.41, 5.74) is -14.8. The van der Waals surface area contributed by atoms with E-state index in [1.165, 1.54) is 0 Å². The van der Waals surface area contributed by atoms with Crippen LogP contribution in [0.25, 0.3) is 90.9 Å². The van der Waals surface area contributed by atoms with Gasteiger partial charge in [-0.25, -0.2) is 73.1 Å². The third kappa shape index (κ3) is 7.02. The van der Waals surface area contributed by atoms with Crippen molar-refractivity contribution in [3.8, 4) is 44.5 Å². The normalized spacial score (nSPS) is 11.9. The Kier molecular flexibility index (Phi) is 11.0. The molecule has 2 aliphatic rings. The van der Waals surface area contributed by atoms with E-state index in [0.29, 0.717) is 0 Å². The first-order valence-corrected chi connectivity index (χ1v) is 19.6. The molecule has 6 N–H and O–H groups in total. The quantitative estimate of drug-likeness (QED) is 0.0482. The lowest BCUT2D eigenvalue weighted by atomic mass is 9.93. The zero-order valence-corrected chi connectivity index (χ0v) is 34.2. The number of nitrogens with zero attached hydrogens (tertiary/aromatic N) is 2. The zero-order chi connectivity index (χ0) is 50.4. The highest BCUT2D eigenvalue weighted by molar-refractivity contribution is 6.12. The summed E-state index contributed by atoms with van der Waals surface area (Å²) in [4.78, 5) is 65.4. The van der Waals surface area contributed by atoms with Gasteiger partial charge in [-0.1, -0.05) is 12.1 Å². The molecule has 3 aromatic heterocycles. The summed E-state index contributed by atoms with van der Waals surface area (Å²) >= 11 is 0.